The molecule has 0 radical (unpaired) electrons. The summed E-state index contributed by atoms with van der Waals surface area (Å²) >= 11 is 0. The molecule has 0 aliphatic carbocycles. The molecule has 1 N–H and O–H groups in total. The highest BCUT2D eigenvalue weighted by Crippen LogP contribution is 2.36. The minimum Gasteiger partial charge on any atom is -0.348 e. The largest absolute Gasteiger partial charge is 0.348 e. The number of hydrogen-bond acceptors (Lipinski definition) is 7. The maximum Gasteiger partial charge on any atom is 0.154 e. The van der Waals surface area contributed by atoms with Crippen molar-refractivity contribution in [2.45, 2.75) is 52.1 Å². The van der Waals surface area contributed by atoms with E-state index in [1.54, 1.807) is 6.92 Å². The van der Waals surface area contributed by atoms with Crippen molar-refractivity contribution in [3.8, 4) is 0 Å². The number of carbonyl (C=O) groups is 1. The Bertz CT molecular complexity index is 759. The Labute approximate surface area is 193 Å². The van der Waals surface area contributed by atoms with Gasteiger partial charge in [0, 0.05) is 46.3 Å². The van der Waals surface area contributed by atoms with Crippen LogP contribution in [0.1, 0.15) is 45.1 Å². The molecule has 7 nitrogen and oxygen atoms in total. The summed E-state index contributed by atoms with van der Waals surface area (Å²) in [4.78, 5) is 25.6. The summed E-state index contributed by atoms with van der Waals surface area (Å²) in [5.41, 5.74) is 3.49. The van der Waals surface area contributed by atoms with E-state index in [1.165, 1.54) is 51.1 Å². The van der Waals surface area contributed by atoms with E-state index in [4.69, 9.17) is 4.84 Å². The van der Waals surface area contributed by atoms with Crippen molar-refractivity contribution in [3.63, 3.8) is 0 Å². The Morgan fingerprint density at radius 3 is 2.53 bits per heavy atom. The van der Waals surface area contributed by atoms with Gasteiger partial charge in [0.1, 0.15) is 12.8 Å². The van der Waals surface area contributed by atoms with E-state index in [1.807, 2.05) is 5.06 Å². The van der Waals surface area contributed by atoms with E-state index < -0.39 is 0 Å². The zero-order chi connectivity index (χ0) is 22.5. The molecule has 4 rings (SSSR count). The first-order chi connectivity index (χ1) is 15.5. The number of hydrogen-bond donors (Lipinski definition) is 1. The minimum absolute atomic E-state index is 0.161. The van der Waals surface area contributed by atoms with Crippen molar-refractivity contribution >= 4 is 17.2 Å². The van der Waals surface area contributed by atoms with Gasteiger partial charge >= 0.3 is 0 Å². The summed E-state index contributed by atoms with van der Waals surface area (Å²) in [6, 6.07) is 6.42. The Morgan fingerprint density at radius 2 is 1.84 bits per heavy atom. The zero-order valence-electron chi connectivity index (χ0n) is 20.2. The summed E-state index contributed by atoms with van der Waals surface area (Å²) < 4.78 is 0. The number of nitrogens with zero attached hydrogens (tertiary/aromatic N) is 4. The highest BCUT2D eigenvalue weighted by Gasteiger charge is 2.30. The third kappa shape index (κ3) is 5.63. The van der Waals surface area contributed by atoms with Crippen LogP contribution in [0.3, 0.4) is 0 Å². The molecule has 3 aliphatic rings. The molecule has 1 aromatic carbocycles. The molecule has 2 fully saturated rings. The van der Waals surface area contributed by atoms with Gasteiger partial charge in [0.2, 0.25) is 0 Å². The van der Waals surface area contributed by atoms with Crippen LogP contribution in [0.25, 0.3) is 0 Å². The molecule has 0 amide bonds. The second-order valence-electron chi connectivity index (χ2n) is 9.79. The van der Waals surface area contributed by atoms with E-state index in [0.717, 1.165) is 49.8 Å². The molecule has 3 aliphatic heterocycles. The summed E-state index contributed by atoms with van der Waals surface area (Å²) in [5.74, 6) is 1.03. The van der Waals surface area contributed by atoms with Gasteiger partial charge in [-0.3, -0.25) is 14.5 Å². The Hall–Kier alpha value is -1.67. The molecule has 1 atom stereocenters. The number of nitrogens with one attached hydrogen (secondary N) is 1. The van der Waals surface area contributed by atoms with E-state index in [-0.39, 0.29) is 11.8 Å². The zero-order valence-corrected chi connectivity index (χ0v) is 20.2. The summed E-state index contributed by atoms with van der Waals surface area (Å²) in [7, 11) is 2.06. The Kier molecular flexibility index (Phi) is 8.05. The van der Waals surface area contributed by atoms with Crippen LogP contribution in [0, 0.1) is 5.92 Å². The van der Waals surface area contributed by atoms with Crippen LogP contribution in [0.4, 0.5) is 11.4 Å². The third-order valence-corrected chi connectivity index (χ3v) is 7.24. The average molecular weight is 444 g/mol. The number of fused-ring (bicyclic) bond motifs is 1. The summed E-state index contributed by atoms with van der Waals surface area (Å²) in [6.07, 6.45) is 4.41. The van der Waals surface area contributed by atoms with E-state index in [0.29, 0.717) is 6.73 Å². The lowest BCUT2D eigenvalue weighted by atomic mass is 9.97. The highest BCUT2D eigenvalue weighted by molar-refractivity contribution is 5.86. The number of Topliss-reactive ketones (excluding diaryl/α,β-unsaturated/α-hetero) is 1. The minimum atomic E-state index is -0.216. The number of benzene rings is 1. The van der Waals surface area contributed by atoms with Crippen molar-refractivity contribution in [3.05, 3.63) is 23.8 Å². The van der Waals surface area contributed by atoms with Gasteiger partial charge < -0.3 is 15.1 Å². The smallest absolute Gasteiger partial charge is 0.154 e. The van der Waals surface area contributed by atoms with Crippen LogP contribution in [0.5, 0.6) is 0 Å². The molecule has 1 unspecified atom stereocenters. The fourth-order valence-electron chi connectivity index (χ4n) is 5.28. The molecular formula is C25H41N5O2. The van der Waals surface area contributed by atoms with Crippen molar-refractivity contribution in [1.29, 1.82) is 0 Å². The van der Waals surface area contributed by atoms with Crippen LogP contribution < -0.4 is 15.3 Å². The molecule has 1 aromatic rings. The SMILES string of the molecule is CCCC(C(C)=O)N1OCN(C)c2cc(CN3CCN(CC4CCNCC4)CC3)ccc21. The van der Waals surface area contributed by atoms with Crippen molar-refractivity contribution in [2.24, 2.45) is 5.92 Å². The standard InChI is InChI=1S/C25H41N5O2/c1-4-5-23(20(2)31)30-24-7-6-22(16-25(24)27(3)19-32-30)18-29-14-12-28(13-15-29)17-21-8-10-26-11-9-21/h6-7,16,21,23,26H,4-5,8-15,17-19H2,1-3H3. The first-order valence-electron chi connectivity index (χ1n) is 12.5. The van der Waals surface area contributed by atoms with Gasteiger partial charge in [-0.05, 0) is 62.9 Å². The lowest BCUT2D eigenvalue weighted by Gasteiger charge is -2.40. The van der Waals surface area contributed by atoms with Crippen LogP contribution in [-0.2, 0) is 16.2 Å². The van der Waals surface area contributed by atoms with Crippen molar-refractivity contribution in [1.82, 2.24) is 15.1 Å². The first kappa shape index (κ1) is 23.5. The molecular weight excluding hydrogens is 402 g/mol. The molecule has 0 aromatic heterocycles. The Balaban J connectivity index is 1.36. The van der Waals surface area contributed by atoms with Crippen molar-refractivity contribution < 1.29 is 9.63 Å². The highest BCUT2D eigenvalue weighted by atomic mass is 16.7. The third-order valence-electron chi connectivity index (χ3n) is 7.24. The quantitative estimate of drug-likeness (QED) is 0.663. The van der Waals surface area contributed by atoms with Gasteiger partial charge in [-0.1, -0.05) is 19.4 Å². The topological polar surface area (TPSA) is 51.3 Å². The second kappa shape index (κ2) is 11.0. The van der Waals surface area contributed by atoms with E-state index >= 15 is 0 Å². The number of rotatable bonds is 8. The Morgan fingerprint density at radius 1 is 1.12 bits per heavy atom. The lowest BCUT2D eigenvalue weighted by molar-refractivity contribution is -0.120. The van der Waals surface area contributed by atoms with Crippen LogP contribution in [-0.4, -0.2) is 81.2 Å². The van der Waals surface area contributed by atoms with Crippen LogP contribution in [0.15, 0.2) is 18.2 Å². The first-order valence-corrected chi connectivity index (χ1v) is 12.5. The molecule has 7 heteroatoms. The number of ketones is 1. The van der Waals surface area contributed by atoms with Gasteiger partial charge in [-0.2, -0.15) is 0 Å². The van der Waals surface area contributed by atoms with Gasteiger partial charge in [0.15, 0.2) is 5.78 Å². The maximum atomic E-state index is 12.3. The molecule has 32 heavy (non-hydrogen) atoms. The van der Waals surface area contributed by atoms with Crippen LogP contribution >= 0.6 is 0 Å². The fourth-order valence-corrected chi connectivity index (χ4v) is 5.28. The lowest BCUT2D eigenvalue weighted by Crippen LogP contribution is -2.48. The summed E-state index contributed by atoms with van der Waals surface area (Å²) in [6.45, 7) is 13.5. The number of anilines is 2. The van der Waals surface area contributed by atoms with Gasteiger partial charge in [-0.15, -0.1) is 0 Å². The average Bonchev–Trinajstić information content (AvgIpc) is 2.80. The molecule has 0 saturated carbocycles. The van der Waals surface area contributed by atoms with Gasteiger partial charge in [-0.25, -0.2) is 5.06 Å². The number of piperidine rings is 1. The van der Waals surface area contributed by atoms with Crippen molar-refractivity contribution in [2.75, 3.05) is 69.6 Å². The predicted octanol–water partition coefficient (Wildman–Crippen LogP) is 2.71. The molecule has 0 bridgehead atoms. The van der Waals surface area contributed by atoms with Gasteiger partial charge in [0.25, 0.3) is 0 Å². The number of hydroxylamine groups is 1. The van der Waals surface area contributed by atoms with Crippen LogP contribution in [0.2, 0.25) is 0 Å². The molecule has 178 valence electrons. The number of carbonyl (C=O) groups excluding carboxylic acids is 1. The predicted molar refractivity (Wildman–Crippen MR) is 130 cm³/mol. The van der Waals surface area contributed by atoms with E-state index in [9.17, 15) is 4.79 Å². The normalized spacial score (nSPS) is 22.1. The van der Waals surface area contributed by atoms with Gasteiger partial charge in [0.05, 0.1) is 11.4 Å². The molecule has 2 saturated heterocycles. The second-order valence-corrected chi connectivity index (χ2v) is 9.79. The monoisotopic (exact) mass is 443 g/mol. The molecule has 0 spiro atoms. The summed E-state index contributed by atoms with van der Waals surface area (Å²) in [5, 5.41) is 5.33. The maximum absolute atomic E-state index is 12.3. The number of piperazine rings is 1. The fraction of sp³-hybridized carbons (Fsp3) is 0.720. The van der Waals surface area contributed by atoms with E-state index in [2.05, 4.69) is 52.2 Å². The molecule has 3 heterocycles.